The molecular weight excluding hydrogens is 333 g/mol. The minimum atomic E-state index is -0.300. The van der Waals surface area contributed by atoms with Gasteiger partial charge in [0, 0.05) is 12.0 Å². The van der Waals surface area contributed by atoms with E-state index in [1.165, 1.54) is 17.7 Å². The highest BCUT2D eigenvalue weighted by Gasteiger charge is 2.35. The molecule has 6 heteroatoms. The van der Waals surface area contributed by atoms with Crippen LogP contribution in [0.1, 0.15) is 29.5 Å². The third-order valence-corrected chi connectivity index (χ3v) is 4.78. The summed E-state index contributed by atoms with van der Waals surface area (Å²) in [5.74, 6) is 0.164. The van der Waals surface area contributed by atoms with Crippen LogP contribution in [0.25, 0.3) is 0 Å². The van der Waals surface area contributed by atoms with Gasteiger partial charge in [-0.25, -0.2) is 9.82 Å². The number of carbonyl (C=O) groups excluding carboxylic acids is 1. The first-order chi connectivity index (χ1) is 12.4. The molecule has 2 aromatic carbocycles. The van der Waals surface area contributed by atoms with Crippen LogP contribution in [0.2, 0.25) is 0 Å². The summed E-state index contributed by atoms with van der Waals surface area (Å²) in [4.78, 5) is 12.3. The summed E-state index contributed by atoms with van der Waals surface area (Å²) in [7, 11) is 0. The topological polar surface area (TPSA) is 62.4 Å². The molecule has 138 valence electrons. The van der Waals surface area contributed by atoms with Crippen LogP contribution < -0.4 is 20.9 Å². The zero-order valence-electron chi connectivity index (χ0n) is 15.2. The van der Waals surface area contributed by atoms with Gasteiger partial charge in [0.15, 0.2) is 6.61 Å². The van der Waals surface area contributed by atoms with E-state index in [1.807, 2.05) is 39.0 Å². The van der Waals surface area contributed by atoms with E-state index in [0.29, 0.717) is 5.75 Å². The van der Waals surface area contributed by atoms with Crippen molar-refractivity contribution in [2.24, 2.45) is 0 Å². The van der Waals surface area contributed by atoms with Crippen LogP contribution in [0, 0.1) is 19.7 Å². The maximum Gasteiger partial charge on any atom is 0.259 e. The minimum absolute atomic E-state index is 0.0128. The Labute approximate surface area is 152 Å². The second kappa shape index (κ2) is 7.85. The molecular formula is C20H24FN3O2. The summed E-state index contributed by atoms with van der Waals surface area (Å²) >= 11 is 0. The average Bonchev–Trinajstić information content (AvgIpc) is 2.97. The number of aryl methyl sites for hydroxylation is 2. The molecule has 1 heterocycles. The summed E-state index contributed by atoms with van der Waals surface area (Å²) in [5, 5.41) is 2.94. The molecule has 3 rings (SSSR count). The lowest BCUT2D eigenvalue weighted by molar-refractivity contribution is -0.124. The van der Waals surface area contributed by atoms with Crippen molar-refractivity contribution in [1.29, 1.82) is 0 Å². The molecule has 5 nitrogen and oxygen atoms in total. The molecule has 0 aliphatic carbocycles. The van der Waals surface area contributed by atoms with Crippen LogP contribution in [0.5, 0.6) is 5.75 Å². The van der Waals surface area contributed by atoms with E-state index >= 15 is 0 Å². The van der Waals surface area contributed by atoms with Crippen molar-refractivity contribution >= 4 is 5.91 Å². The molecule has 0 bridgehead atoms. The number of halogens is 1. The second-order valence-electron chi connectivity index (χ2n) is 6.73. The molecule has 1 aliphatic heterocycles. The van der Waals surface area contributed by atoms with Gasteiger partial charge in [0.2, 0.25) is 0 Å². The molecule has 3 atom stereocenters. The van der Waals surface area contributed by atoms with Crippen molar-refractivity contribution in [1.82, 2.24) is 16.2 Å². The van der Waals surface area contributed by atoms with Crippen molar-refractivity contribution in [3.63, 3.8) is 0 Å². The first kappa shape index (κ1) is 18.4. The standard InChI is InChI=1S/C20H24FN3O2/c1-12-4-9-17(10-13(12)2)26-11-18(25)22-20-19(14(3)23-24-20)15-5-7-16(21)8-6-15/h4-10,14,19-20,23-24H,11H2,1-3H3,(H,22,25). The SMILES string of the molecule is Cc1ccc(OCC(=O)NC2NNC(C)C2c2ccc(F)cc2)cc1C. The number of ether oxygens (including phenoxy) is 1. The fourth-order valence-electron chi connectivity index (χ4n) is 3.15. The van der Waals surface area contributed by atoms with Crippen LogP contribution >= 0.6 is 0 Å². The van der Waals surface area contributed by atoms with E-state index in [0.717, 1.165) is 11.1 Å². The van der Waals surface area contributed by atoms with E-state index in [2.05, 4.69) is 16.2 Å². The molecule has 2 aromatic rings. The maximum absolute atomic E-state index is 13.2. The number of amides is 1. The van der Waals surface area contributed by atoms with E-state index in [4.69, 9.17) is 4.74 Å². The Hall–Kier alpha value is -2.44. The zero-order valence-corrected chi connectivity index (χ0v) is 15.2. The van der Waals surface area contributed by atoms with Gasteiger partial charge in [0.1, 0.15) is 17.7 Å². The molecule has 0 saturated carbocycles. The Bertz CT molecular complexity index is 779. The van der Waals surface area contributed by atoms with Crippen molar-refractivity contribution in [2.75, 3.05) is 6.61 Å². The highest BCUT2D eigenvalue weighted by Crippen LogP contribution is 2.26. The van der Waals surface area contributed by atoms with Crippen LogP contribution in [0.3, 0.4) is 0 Å². The van der Waals surface area contributed by atoms with Crippen molar-refractivity contribution < 1.29 is 13.9 Å². The quantitative estimate of drug-likeness (QED) is 0.770. The first-order valence-electron chi connectivity index (χ1n) is 8.70. The molecule has 0 aromatic heterocycles. The number of hydrogen-bond acceptors (Lipinski definition) is 4. The number of hydrogen-bond donors (Lipinski definition) is 3. The van der Waals surface area contributed by atoms with Crippen LogP contribution in [0.15, 0.2) is 42.5 Å². The van der Waals surface area contributed by atoms with Gasteiger partial charge in [0.05, 0.1) is 0 Å². The summed E-state index contributed by atoms with van der Waals surface area (Å²) in [6.45, 7) is 5.98. The number of hydrazine groups is 1. The number of carbonyl (C=O) groups is 1. The third-order valence-electron chi connectivity index (χ3n) is 4.78. The van der Waals surface area contributed by atoms with E-state index in [1.54, 1.807) is 12.1 Å². The van der Waals surface area contributed by atoms with Crippen molar-refractivity contribution in [2.45, 2.75) is 38.9 Å². The van der Waals surface area contributed by atoms with Crippen LogP contribution in [-0.2, 0) is 4.79 Å². The Morgan fingerprint density at radius 3 is 2.54 bits per heavy atom. The lowest BCUT2D eigenvalue weighted by Crippen LogP contribution is -2.47. The largest absolute Gasteiger partial charge is 0.484 e. The smallest absolute Gasteiger partial charge is 0.259 e. The normalized spacial score (nSPS) is 22.2. The predicted molar refractivity (Wildman–Crippen MR) is 98.2 cm³/mol. The lowest BCUT2D eigenvalue weighted by atomic mass is 9.91. The van der Waals surface area contributed by atoms with Crippen LogP contribution in [0.4, 0.5) is 4.39 Å². The Morgan fingerprint density at radius 1 is 1.12 bits per heavy atom. The molecule has 1 saturated heterocycles. The van der Waals surface area contributed by atoms with Crippen molar-refractivity contribution in [3.8, 4) is 5.75 Å². The van der Waals surface area contributed by atoms with E-state index in [-0.39, 0.29) is 36.5 Å². The number of nitrogens with one attached hydrogen (secondary N) is 3. The third kappa shape index (κ3) is 4.20. The predicted octanol–water partition coefficient (Wildman–Crippen LogP) is 2.54. The molecule has 1 fully saturated rings. The summed E-state index contributed by atoms with van der Waals surface area (Å²) in [6, 6.07) is 12.2. The molecule has 0 radical (unpaired) electrons. The average molecular weight is 357 g/mol. The zero-order chi connectivity index (χ0) is 18.7. The fourth-order valence-corrected chi connectivity index (χ4v) is 3.15. The maximum atomic E-state index is 13.2. The lowest BCUT2D eigenvalue weighted by Gasteiger charge is -2.22. The van der Waals surface area contributed by atoms with Gasteiger partial charge in [0.25, 0.3) is 5.91 Å². The van der Waals surface area contributed by atoms with Gasteiger partial charge >= 0.3 is 0 Å². The monoisotopic (exact) mass is 357 g/mol. The Morgan fingerprint density at radius 2 is 1.85 bits per heavy atom. The highest BCUT2D eigenvalue weighted by atomic mass is 19.1. The molecule has 3 unspecified atom stereocenters. The Kier molecular flexibility index (Phi) is 5.54. The first-order valence-corrected chi connectivity index (χ1v) is 8.70. The number of rotatable bonds is 5. The second-order valence-corrected chi connectivity index (χ2v) is 6.73. The summed E-state index contributed by atoms with van der Waals surface area (Å²) in [5.41, 5.74) is 9.47. The van der Waals surface area contributed by atoms with Gasteiger partial charge in [-0.1, -0.05) is 18.2 Å². The highest BCUT2D eigenvalue weighted by molar-refractivity contribution is 5.78. The van der Waals surface area contributed by atoms with Gasteiger partial charge in [-0.3, -0.25) is 10.2 Å². The van der Waals surface area contributed by atoms with Gasteiger partial charge < -0.3 is 10.1 Å². The van der Waals surface area contributed by atoms with Gasteiger partial charge in [-0.15, -0.1) is 0 Å². The van der Waals surface area contributed by atoms with E-state index in [9.17, 15) is 9.18 Å². The molecule has 0 spiro atoms. The summed E-state index contributed by atoms with van der Waals surface area (Å²) < 4.78 is 18.8. The number of benzene rings is 2. The van der Waals surface area contributed by atoms with Crippen LogP contribution in [-0.4, -0.2) is 24.7 Å². The summed E-state index contributed by atoms with van der Waals surface area (Å²) in [6.07, 6.45) is -0.300. The molecule has 3 N–H and O–H groups in total. The van der Waals surface area contributed by atoms with Gasteiger partial charge in [-0.2, -0.15) is 0 Å². The Balaban J connectivity index is 1.60. The van der Waals surface area contributed by atoms with Crippen molar-refractivity contribution in [3.05, 3.63) is 65.0 Å². The van der Waals surface area contributed by atoms with E-state index < -0.39 is 0 Å². The van der Waals surface area contributed by atoms with Gasteiger partial charge in [-0.05, 0) is 61.7 Å². The molecule has 26 heavy (non-hydrogen) atoms. The molecule has 1 amide bonds. The minimum Gasteiger partial charge on any atom is -0.484 e. The fraction of sp³-hybridized carbons (Fsp3) is 0.350. The molecule has 1 aliphatic rings.